The molecule has 0 spiro atoms. The quantitative estimate of drug-likeness (QED) is 0.674. The molecule has 4 rings (SSSR count). The Bertz CT molecular complexity index is 936. The highest BCUT2D eigenvalue weighted by molar-refractivity contribution is 5.82. The van der Waals surface area contributed by atoms with E-state index in [1.807, 2.05) is 25.1 Å². The summed E-state index contributed by atoms with van der Waals surface area (Å²) in [5, 5.41) is 9.65. The SMILES string of the molecule is Cc1c[nH]c(=O)c(-c2nc3ccc(N4CCC(O)CC4)cc3[nH]2)c1. The number of aryl methyl sites for hydroxylation is 1. The molecular weight excluding hydrogens is 304 g/mol. The molecule has 3 N–H and O–H groups in total. The maximum atomic E-state index is 12.0. The molecule has 0 radical (unpaired) electrons. The van der Waals surface area contributed by atoms with Gasteiger partial charge in [-0.2, -0.15) is 0 Å². The second-order valence-corrected chi connectivity index (χ2v) is 6.42. The van der Waals surface area contributed by atoms with Gasteiger partial charge in [0.05, 0.1) is 22.7 Å². The maximum Gasteiger partial charge on any atom is 0.258 e. The van der Waals surface area contributed by atoms with Crippen LogP contribution in [0.15, 0.2) is 35.3 Å². The number of fused-ring (bicyclic) bond motifs is 1. The van der Waals surface area contributed by atoms with Gasteiger partial charge in [-0.1, -0.05) is 0 Å². The van der Waals surface area contributed by atoms with E-state index in [-0.39, 0.29) is 11.7 Å². The van der Waals surface area contributed by atoms with Crippen LogP contribution in [0.1, 0.15) is 18.4 Å². The van der Waals surface area contributed by atoms with Crippen LogP contribution in [0.25, 0.3) is 22.4 Å². The van der Waals surface area contributed by atoms with Crippen molar-refractivity contribution in [2.75, 3.05) is 18.0 Å². The van der Waals surface area contributed by atoms with E-state index < -0.39 is 0 Å². The van der Waals surface area contributed by atoms with E-state index >= 15 is 0 Å². The lowest BCUT2D eigenvalue weighted by atomic mass is 10.1. The summed E-state index contributed by atoms with van der Waals surface area (Å²) in [7, 11) is 0. The Morgan fingerprint density at radius 2 is 2.04 bits per heavy atom. The van der Waals surface area contributed by atoms with E-state index in [9.17, 15) is 9.90 Å². The van der Waals surface area contributed by atoms with Crippen molar-refractivity contribution >= 4 is 16.7 Å². The third-order valence-electron chi connectivity index (χ3n) is 4.60. The first-order valence-corrected chi connectivity index (χ1v) is 8.22. The molecule has 1 saturated heterocycles. The first-order chi connectivity index (χ1) is 11.6. The number of nitrogens with zero attached hydrogens (tertiary/aromatic N) is 2. The average Bonchev–Trinajstić information content (AvgIpc) is 3.00. The van der Waals surface area contributed by atoms with E-state index in [0.717, 1.165) is 48.2 Å². The smallest absolute Gasteiger partial charge is 0.258 e. The Labute approximate surface area is 139 Å². The fourth-order valence-electron chi connectivity index (χ4n) is 3.21. The van der Waals surface area contributed by atoms with Crippen LogP contribution in [0.3, 0.4) is 0 Å². The van der Waals surface area contributed by atoms with Gasteiger partial charge in [-0.05, 0) is 49.6 Å². The van der Waals surface area contributed by atoms with Crippen LogP contribution in [0, 0.1) is 6.92 Å². The zero-order valence-electron chi connectivity index (χ0n) is 13.5. The summed E-state index contributed by atoms with van der Waals surface area (Å²) in [4.78, 5) is 24.9. The van der Waals surface area contributed by atoms with Gasteiger partial charge in [-0.15, -0.1) is 0 Å². The van der Waals surface area contributed by atoms with E-state index in [1.54, 1.807) is 6.20 Å². The molecule has 1 aliphatic rings. The number of aromatic nitrogens is 3. The van der Waals surface area contributed by atoms with E-state index in [0.29, 0.717) is 11.4 Å². The third-order valence-corrected chi connectivity index (χ3v) is 4.60. The zero-order chi connectivity index (χ0) is 16.7. The minimum Gasteiger partial charge on any atom is -0.393 e. The summed E-state index contributed by atoms with van der Waals surface area (Å²) in [5.74, 6) is 0.584. The molecule has 3 heterocycles. The van der Waals surface area contributed by atoms with Gasteiger partial charge in [-0.25, -0.2) is 4.98 Å². The summed E-state index contributed by atoms with van der Waals surface area (Å²) in [6, 6.07) is 7.92. The first kappa shape index (κ1) is 15.0. The molecule has 0 atom stereocenters. The second kappa shape index (κ2) is 5.79. The number of H-pyrrole nitrogens is 2. The zero-order valence-corrected chi connectivity index (χ0v) is 13.5. The number of piperidine rings is 1. The summed E-state index contributed by atoms with van der Waals surface area (Å²) < 4.78 is 0. The lowest BCUT2D eigenvalue weighted by molar-refractivity contribution is 0.145. The molecule has 0 amide bonds. The molecule has 0 unspecified atom stereocenters. The number of nitrogens with one attached hydrogen (secondary N) is 2. The molecule has 2 aromatic heterocycles. The molecule has 1 aliphatic heterocycles. The van der Waals surface area contributed by atoms with Crippen molar-refractivity contribution in [2.45, 2.75) is 25.9 Å². The molecule has 6 nitrogen and oxygen atoms in total. The van der Waals surface area contributed by atoms with Crippen molar-refractivity contribution in [1.29, 1.82) is 0 Å². The molecule has 0 saturated carbocycles. The monoisotopic (exact) mass is 324 g/mol. The van der Waals surface area contributed by atoms with Gasteiger partial charge in [0.1, 0.15) is 5.82 Å². The van der Waals surface area contributed by atoms with Crippen LogP contribution in [0.4, 0.5) is 5.69 Å². The molecule has 24 heavy (non-hydrogen) atoms. The number of benzene rings is 1. The Hall–Kier alpha value is -2.60. The Kier molecular flexibility index (Phi) is 3.61. The van der Waals surface area contributed by atoms with E-state index in [4.69, 9.17) is 0 Å². The van der Waals surface area contributed by atoms with Gasteiger partial charge in [0, 0.05) is 25.0 Å². The number of rotatable bonds is 2. The fraction of sp³-hybridized carbons (Fsp3) is 0.333. The maximum absolute atomic E-state index is 12.0. The number of hydrogen-bond donors (Lipinski definition) is 3. The molecule has 124 valence electrons. The number of pyridine rings is 1. The van der Waals surface area contributed by atoms with Crippen molar-refractivity contribution in [2.24, 2.45) is 0 Å². The molecule has 0 aliphatic carbocycles. The van der Waals surface area contributed by atoms with Gasteiger partial charge in [0.25, 0.3) is 5.56 Å². The molecular formula is C18H20N4O2. The normalized spacial score (nSPS) is 16.0. The predicted molar refractivity (Wildman–Crippen MR) is 94.3 cm³/mol. The minimum atomic E-state index is -0.184. The lowest BCUT2D eigenvalue weighted by Gasteiger charge is -2.31. The van der Waals surface area contributed by atoms with Crippen LogP contribution in [0.5, 0.6) is 0 Å². The topological polar surface area (TPSA) is 85.0 Å². The third kappa shape index (κ3) is 2.69. The van der Waals surface area contributed by atoms with Crippen LogP contribution in [-0.2, 0) is 0 Å². The van der Waals surface area contributed by atoms with E-state index in [1.165, 1.54) is 0 Å². The minimum absolute atomic E-state index is 0.148. The lowest BCUT2D eigenvalue weighted by Crippen LogP contribution is -2.35. The Morgan fingerprint density at radius 3 is 2.83 bits per heavy atom. The molecule has 1 fully saturated rings. The largest absolute Gasteiger partial charge is 0.393 e. The molecule has 1 aromatic carbocycles. The van der Waals surface area contributed by atoms with Crippen molar-refractivity contribution in [3.8, 4) is 11.4 Å². The van der Waals surface area contributed by atoms with Crippen LogP contribution >= 0.6 is 0 Å². The standard InChI is InChI=1S/C18H20N4O2/c1-11-8-14(18(24)19-10-11)17-20-15-3-2-12(9-16(15)21-17)22-6-4-13(23)5-7-22/h2-3,8-10,13,23H,4-7H2,1H3,(H,19,24)(H,20,21). The highest BCUT2D eigenvalue weighted by Crippen LogP contribution is 2.25. The first-order valence-electron chi connectivity index (χ1n) is 8.22. The summed E-state index contributed by atoms with van der Waals surface area (Å²) in [5.41, 5.74) is 4.25. The predicted octanol–water partition coefficient (Wildman–Crippen LogP) is 2.19. The van der Waals surface area contributed by atoms with Crippen LogP contribution in [-0.4, -0.2) is 39.3 Å². The highest BCUT2D eigenvalue weighted by Gasteiger charge is 2.18. The average molecular weight is 324 g/mol. The van der Waals surface area contributed by atoms with Gasteiger partial charge in [0.15, 0.2) is 0 Å². The number of imidazole rings is 1. The molecule has 0 bridgehead atoms. The van der Waals surface area contributed by atoms with Crippen molar-refractivity contribution in [3.63, 3.8) is 0 Å². The number of anilines is 1. The van der Waals surface area contributed by atoms with Gasteiger partial charge in [0.2, 0.25) is 0 Å². The summed E-state index contributed by atoms with van der Waals surface area (Å²) in [6.07, 6.45) is 3.10. The van der Waals surface area contributed by atoms with Crippen molar-refractivity contribution in [1.82, 2.24) is 15.0 Å². The van der Waals surface area contributed by atoms with Crippen LogP contribution < -0.4 is 10.5 Å². The van der Waals surface area contributed by atoms with Crippen LogP contribution in [0.2, 0.25) is 0 Å². The second-order valence-electron chi connectivity index (χ2n) is 6.42. The number of aromatic amines is 2. The van der Waals surface area contributed by atoms with Gasteiger partial charge >= 0.3 is 0 Å². The van der Waals surface area contributed by atoms with E-state index in [2.05, 4.69) is 25.9 Å². The fourth-order valence-corrected chi connectivity index (χ4v) is 3.21. The summed E-state index contributed by atoms with van der Waals surface area (Å²) >= 11 is 0. The van der Waals surface area contributed by atoms with Gasteiger partial charge < -0.3 is 20.0 Å². The van der Waals surface area contributed by atoms with Crippen molar-refractivity contribution in [3.05, 3.63) is 46.4 Å². The molecule has 6 heteroatoms. The Morgan fingerprint density at radius 1 is 1.25 bits per heavy atom. The number of aliphatic hydroxyl groups is 1. The van der Waals surface area contributed by atoms with Crippen molar-refractivity contribution < 1.29 is 5.11 Å². The molecule has 3 aromatic rings. The highest BCUT2D eigenvalue weighted by atomic mass is 16.3. The van der Waals surface area contributed by atoms with Gasteiger partial charge in [-0.3, -0.25) is 4.79 Å². The number of hydrogen-bond acceptors (Lipinski definition) is 4. The summed E-state index contributed by atoms with van der Waals surface area (Å²) in [6.45, 7) is 3.64. The Balaban J connectivity index is 1.71. The number of aliphatic hydroxyl groups excluding tert-OH is 1.